The van der Waals surface area contributed by atoms with Crippen LogP contribution in [0.3, 0.4) is 0 Å². The molecular formula is C40H60. The second kappa shape index (κ2) is 15.0. The van der Waals surface area contributed by atoms with Crippen molar-refractivity contribution in [3.8, 4) is 0 Å². The Balaban J connectivity index is 1.78. The molecule has 2 atom stereocenters. The molecule has 0 aromatic heterocycles. The van der Waals surface area contributed by atoms with Crippen LogP contribution in [0.1, 0.15) is 121 Å². The van der Waals surface area contributed by atoms with E-state index in [4.69, 9.17) is 0 Å². The summed E-state index contributed by atoms with van der Waals surface area (Å²) < 4.78 is 0. The molecule has 0 radical (unpaired) electrons. The molecule has 0 nitrogen and oxygen atoms in total. The molecular weight excluding hydrogens is 480 g/mol. The Kier molecular flexibility index (Phi) is 12.7. The molecule has 2 aliphatic carbocycles. The van der Waals surface area contributed by atoms with Crippen molar-refractivity contribution in [1.82, 2.24) is 0 Å². The predicted molar refractivity (Wildman–Crippen MR) is 181 cm³/mol. The highest BCUT2D eigenvalue weighted by atomic mass is 14.5. The molecule has 220 valence electrons. The molecule has 0 spiro atoms. The summed E-state index contributed by atoms with van der Waals surface area (Å²) in [4.78, 5) is 0. The van der Waals surface area contributed by atoms with Crippen LogP contribution in [0.2, 0.25) is 0 Å². The molecule has 2 aliphatic rings. The van der Waals surface area contributed by atoms with Gasteiger partial charge in [0, 0.05) is 0 Å². The molecule has 0 bridgehead atoms. The van der Waals surface area contributed by atoms with E-state index in [-0.39, 0.29) is 0 Å². The number of rotatable bonds is 12. The SMILES string of the molecule is CC(/C=C/C=C(C)/C=C/C[C@]1(C)CCCC1(C)C)=C\C=C\C=C(C)\C=C\C=C(C)\C=C\C[C@]1(C)CCCC1(C)C. The lowest BCUT2D eigenvalue weighted by atomic mass is 9.67. The molecule has 0 aromatic carbocycles. The smallest absolute Gasteiger partial charge is 0.0240 e. The van der Waals surface area contributed by atoms with Crippen molar-refractivity contribution < 1.29 is 0 Å². The van der Waals surface area contributed by atoms with Crippen LogP contribution in [0.5, 0.6) is 0 Å². The van der Waals surface area contributed by atoms with Gasteiger partial charge < -0.3 is 0 Å². The van der Waals surface area contributed by atoms with Gasteiger partial charge in [-0.1, -0.05) is 162 Å². The molecule has 0 heterocycles. The Hall–Kier alpha value is -2.34. The minimum atomic E-state index is 0.436. The minimum Gasteiger partial charge on any atom is -0.0837 e. The van der Waals surface area contributed by atoms with Gasteiger partial charge in [-0.25, -0.2) is 0 Å². The number of allylic oxidation sites excluding steroid dienone is 18. The first-order chi connectivity index (χ1) is 18.7. The summed E-state index contributed by atoms with van der Waals surface area (Å²) in [5, 5.41) is 0. The lowest BCUT2D eigenvalue weighted by molar-refractivity contribution is 0.135. The van der Waals surface area contributed by atoms with E-state index in [0.717, 1.165) is 0 Å². The van der Waals surface area contributed by atoms with Crippen LogP contribution in [-0.4, -0.2) is 0 Å². The van der Waals surface area contributed by atoms with Gasteiger partial charge in [0.1, 0.15) is 0 Å². The highest BCUT2D eigenvalue weighted by Gasteiger charge is 2.44. The Morgan fingerprint density at radius 3 is 1.10 bits per heavy atom. The van der Waals surface area contributed by atoms with Gasteiger partial charge in [-0.3, -0.25) is 0 Å². The molecule has 0 saturated heterocycles. The predicted octanol–water partition coefficient (Wildman–Crippen LogP) is 12.8. The summed E-state index contributed by atoms with van der Waals surface area (Å²) in [5.74, 6) is 0. The average Bonchev–Trinajstić information content (AvgIpc) is 3.28. The van der Waals surface area contributed by atoms with Crippen LogP contribution in [-0.2, 0) is 0 Å². The molecule has 2 rings (SSSR count). The maximum atomic E-state index is 2.47. The van der Waals surface area contributed by atoms with Gasteiger partial charge in [-0.2, -0.15) is 0 Å². The van der Waals surface area contributed by atoms with Crippen LogP contribution >= 0.6 is 0 Å². The topological polar surface area (TPSA) is 0 Å². The maximum Gasteiger partial charge on any atom is -0.0240 e. The van der Waals surface area contributed by atoms with E-state index < -0.39 is 0 Å². The summed E-state index contributed by atoms with van der Waals surface area (Å²) in [6.07, 6.45) is 41.5. The monoisotopic (exact) mass is 540 g/mol. The van der Waals surface area contributed by atoms with E-state index >= 15 is 0 Å². The normalized spacial score (nSPS) is 28.6. The summed E-state index contributed by atoms with van der Waals surface area (Å²) in [6.45, 7) is 23.4. The van der Waals surface area contributed by atoms with E-state index in [9.17, 15) is 0 Å². The molecule has 0 aromatic rings. The zero-order chi connectivity index (χ0) is 29.9. The van der Waals surface area contributed by atoms with E-state index in [2.05, 4.69) is 154 Å². The molecule has 40 heavy (non-hydrogen) atoms. The van der Waals surface area contributed by atoms with Gasteiger partial charge in [-0.05, 0) is 87.9 Å². The zero-order valence-electron chi connectivity index (χ0n) is 27.7. The van der Waals surface area contributed by atoms with Crippen LogP contribution in [0.15, 0.2) is 107 Å². The average molecular weight is 541 g/mol. The molecule has 0 N–H and O–H groups in total. The third kappa shape index (κ3) is 10.2. The van der Waals surface area contributed by atoms with Crippen molar-refractivity contribution in [2.45, 2.75) is 121 Å². The Labute approximate surface area is 249 Å². The zero-order valence-corrected chi connectivity index (χ0v) is 27.7. The molecule has 0 heteroatoms. The highest BCUT2D eigenvalue weighted by molar-refractivity contribution is 5.31. The van der Waals surface area contributed by atoms with E-state index in [1.54, 1.807) is 0 Å². The van der Waals surface area contributed by atoms with Gasteiger partial charge >= 0.3 is 0 Å². The molecule has 0 aliphatic heterocycles. The number of hydrogen-bond acceptors (Lipinski definition) is 0. The Bertz CT molecular complexity index is 1010. The third-order valence-corrected chi connectivity index (χ3v) is 10.5. The Morgan fingerprint density at radius 1 is 0.450 bits per heavy atom. The summed E-state index contributed by atoms with van der Waals surface area (Å²) in [5.41, 5.74) is 6.86. The molecule has 0 amide bonds. The minimum absolute atomic E-state index is 0.436. The van der Waals surface area contributed by atoms with Crippen LogP contribution in [0.25, 0.3) is 0 Å². The van der Waals surface area contributed by atoms with Gasteiger partial charge in [0.15, 0.2) is 0 Å². The first kappa shape index (κ1) is 33.9. The van der Waals surface area contributed by atoms with E-state index in [1.165, 1.54) is 73.7 Å². The Morgan fingerprint density at radius 2 is 0.775 bits per heavy atom. The van der Waals surface area contributed by atoms with Crippen molar-refractivity contribution in [3.63, 3.8) is 0 Å². The quantitative estimate of drug-likeness (QED) is 0.216. The van der Waals surface area contributed by atoms with E-state index in [1.807, 2.05) is 0 Å². The summed E-state index contributed by atoms with van der Waals surface area (Å²) in [7, 11) is 0. The van der Waals surface area contributed by atoms with Gasteiger partial charge in [0.05, 0.1) is 0 Å². The van der Waals surface area contributed by atoms with E-state index in [0.29, 0.717) is 21.7 Å². The van der Waals surface area contributed by atoms with Crippen molar-refractivity contribution in [1.29, 1.82) is 0 Å². The fourth-order valence-electron chi connectivity index (χ4n) is 6.23. The first-order valence-corrected chi connectivity index (χ1v) is 15.7. The van der Waals surface area contributed by atoms with Gasteiger partial charge in [0.25, 0.3) is 0 Å². The highest BCUT2D eigenvalue weighted by Crippen LogP contribution is 2.55. The van der Waals surface area contributed by atoms with Crippen molar-refractivity contribution >= 4 is 0 Å². The molecule has 2 fully saturated rings. The fraction of sp³-hybridized carbons (Fsp3) is 0.550. The second-order valence-corrected chi connectivity index (χ2v) is 14.6. The standard InChI is InChI=1S/C40H60/c1-33(21-13-23-35(3)25-15-29-39(9)31-17-27-37(39,5)6)19-11-12-20-34(2)22-14-24-36(4)26-16-30-40(10)32-18-28-38(40,7)8/h11-16,19-26H,17-18,27-32H2,1-10H3/b12-11+,21-13+,22-14+,25-15+,26-16+,33-19+,34-20+,35-23+,36-24+/t39-,40-/m1/s1. The van der Waals surface area contributed by atoms with Crippen LogP contribution < -0.4 is 0 Å². The third-order valence-electron chi connectivity index (χ3n) is 10.5. The molecule has 2 saturated carbocycles. The largest absolute Gasteiger partial charge is 0.0837 e. The summed E-state index contributed by atoms with van der Waals surface area (Å²) in [6, 6.07) is 0. The maximum absolute atomic E-state index is 2.47. The van der Waals surface area contributed by atoms with Crippen LogP contribution in [0.4, 0.5) is 0 Å². The van der Waals surface area contributed by atoms with Crippen LogP contribution in [0, 0.1) is 21.7 Å². The van der Waals surface area contributed by atoms with Gasteiger partial charge in [0.2, 0.25) is 0 Å². The second-order valence-electron chi connectivity index (χ2n) is 14.6. The van der Waals surface area contributed by atoms with Crippen molar-refractivity contribution in [2.75, 3.05) is 0 Å². The lowest BCUT2D eigenvalue weighted by Gasteiger charge is -2.37. The fourth-order valence-corrected chi connectivity index (χ4v) is 6.23. The lowest BCUT2D eigenvalue weighted by Crippen LogP contribution is -2.28. The van der Waals surface area contributed by atoms with Crippen molar-refractivity contribution in [3.05, 3.63) is 107 Å². The summed E-state index contributed by atoms with van der Waals surface area (Å²) >= 11 is 0. The number of hydrogen-bond donors (Lipinski definition) is 0. The first-order valence-electron chi connectivity index (χ1n) is 15.7. The van der Waals surface area contributed by atoms with Gasteiger partial charge in [-0.15, -0.1) is 0 Å². The molecule has 0 unspecified atom stereocenters. The van der Waals surface area contributed by atoms with Crippen molar-refractivity contribution in [2.24, 2.45) is 21.7 Å².